The Hall–Kier alpha value is -2.84. The van der Waals surface area contributed by atoms with Crippen LogP contribution in [0.2, 0.25) is 0 Å². The topological polar surface area (TPSA) is 70.3 Å². The summed E-state index contributed by atoms with van der Waals surface area (Å²) in [5, 5.41) is 9.33. The second-order valence-corrected chi connectivity index (χ2v) is 4.77. The molecule has 0 radical (unpaired) electrons. The minimum Gasteiger partial charge on any atom is -0.327 e. The molecule has 0 aliphatic carbocycles. The fourth-order valence-electron chi connectivity index (χ4n) is 2.52. The molecule has 104 valence electrons. The summed E-state index contributed by atoms with van der Waals surface area (Å²) in [4.78, 5) is 6.34. The van der Waals surface area contributed by atoms with Crippen LogP contribution in [0, 0.1) is 11.3 Å². The van der Waals surface area contributed by atoms with Crippen LogP contribution in [0.4, 0.5) is 11.5 Å². The number of aliphatic imine (C=N–C) groups is 1. The van der Waals surface area contributed by atoms with Crippen molar-refractivity contribution in [3.05, 3.63) is 60.3 Å². The van der Waals surface area contributed by atoms with Crippen molar-refractivity contribution >= 4 is 17.8 Å². The SMILES string of the molecule is C=CCn1cc(C#N)c2c1N=CN(c1ccccc1)C2N. The molecule has 1 aromatic heterocycles. The Morgan fingerprint density at radius 1 is 1.38 bits per heavy atom. The highest BCUT2D eigenvalue weighted by atomic mass is 15.3. The summed E-state index contributed by atoms with van der Waals surface area (Å²) < 4.78 is 1.89. The Bertz CT molecular complexity index is 736. The minimum absolute atomic E-state index is 0.430. The summed E-state index contributed by atoms with van der Waals surface area (Å²) in [6.07, 6.45) is 4.83. The Balaban J connectivity index is 2.08. The molecule has 1 aliphatic heterocycles. The van der Waals surface area contributed by atoms with Gasteiger partial charge >= 0.3 is 0 Å². The molecule has 0 bridgehead atoms. The normalized spacial score (nSPS) is 16.4. The molecule has 21 heavy (non-hydrogen) atoms. The minimum atomic E-state index is -0.430. The Morgan fingerprint density at radius 3 is 2.81 bits per heavy atom. The quantitative estimate of drug-likeness (QED) is 0.877. The van der Waals surface area contributed by atoms with Gasteiger partial charge in [0.05, 0.1) is 17.5 Å². The molecule has 2 N–H and O–H groups in total. The highest BCUT2D eigenvalue weighted by molar-refractivity contribution is 5.85. The zero-order valence-electron chi connectivity index (χ0n) is 11.5. The summed E-state index contributed by atoms with van der Waals surface area (Å²) in [6.45, 7) is 4.32. The van der Waals surface area contributed by atoms with Gasteiger partial charge in [-0.25, -0.2) is 4.99 Å². The first kappa shape index (κ1) is 13.2. The van der Waals surface area contributed by atoms with Gasteiger partial charge in [-0.1, -0.05) is 24.3 Å². The average Bonchev–Trinajstić information content (AvgIpc) is 2.88. The first-order valence-electron chi connectivity index (χ1n) is 6.63. The van der Waals surface area contributed by atoms with Crippen molar-refractivity contribution in [2.24, 2.45) is 10.7 Å². The number of nitrogens with two attached hydrogens (primary N) is 1. The van der Waals surface area contributed by atoms with E-state index in [-0.39, 0.29) is 0 Å². The van der Waals surface area contributed by atoms with Crippen LogP contribution < -0.4 is 10.6 Å². The lowest BCUT2D eigenvalue weighted by Crippen LogP contribution is -2.35. The summed E-state index contributed by atoms with van der Waals surface area (Å²) in [6, 6.07) is 12.0. The van der Waals surface area contributed by atoms with Gasteiger partial charge in [0.15, 0.2) is 0 Å². The number of aromatic nitrogens is 1. The fourth-order valence-corrected chi connectivity index (χ4v) is 2.52. The number of hydrogen-bond acceptors (Lipinski definition) is 4. The maximum Gasteiger partial charge on any atom is 0.142 e. The largest absolute Gasteiger partial charge is 0.327 e. The summed E-state index contributed by atoms with van der Waals surface area (Å²) in [7, 11) is 0. The van der Waals surface area contributed by atoms with E-state index in [0.717, 1.165) is 17.1 Å². The number of anilines is 1. The number of nitrogens with zero attached hydrogens (tertiary/aromatic N) is 4. The van der Waals surface area contributed by atoms with E-state index >= 15 is 0 Å². The molecule has 0 spiro atoms. The first-order valence-corrected chi connectivity index (χ1v) is 6.63. The Labute approximate surface area is 123 Å². The maximum absolute atomic E-state index is 9.33. The molecule has 1 aliphatic rings. The van der Waals surface area contributed by atoms with Crippen LogP contribution in [0.5, 0.6) is 0 Å². The highest BCUT2D eigenvalue weighted by Crippen LogP contribution is 2.36. The van der Waals surface area contributed by atoms with E-state index in [1.54, 1.807) is 18.6 Å². The zero-order valence-corrected chi connectivity index (χ0v) is 11.5. The van der Waals surface area contributed by atoms with Gasteiger partial charge in [0.2, 0.25) is 0 Å². The van der Waals surface area contributed by atoms with Crippen molar-refractivity contribution in [1.82, 2.24) is 4.57 Å². The van der Waals surface area contributed by atoms with E-state index in [4.69, 9.17) is 5.73 Å². The lowest BCUT2D eigenvalue weighted by Gasteiger charge is -2.30. The van der Waals surface area contributed by atoms with Gasteiger partial charge in [0.1, 0.15) is 18.1 Å². The molecular weight excluding hydrogens is 262 g/mol. The lowest BCUT2D eigenvalue weighted by atomic mass is 10.1. The third-order valence-electron chi connectivity index (χ3n) is 3.49. The van der Waals surface area contributed by atoms with Gasteiger partial charge in [-0.15, -0.1) is 6.58 Å². The lowest BCUT2D eigenvalue weighted by molar-refractivity contribution is 0.735. The Kier molecular flexibility index (Phi) is 3.30. The van der Waals surface area contributed by atoms with Crippen LogP contribution in [0.15, 0.2) is 54.2 Å². The molecule has 0 saturated heterocycles. The first-order chi connectivity index (χ1) is 10.3. The number of benzene rings is 1. The average molecular weight is 277 g/mol. The van der Waals surface area contributed by atoms with Crippen LogP contribution in [0.3, 0.4) is 0 Å². The van der Waals surface area contributed by atoms with Crippen molar-refractivity contribution in [3.63, 3.8) is 0 Å². The third kappa shape index (κ3) is 2.12. The summed E-state index contributed by atoms with van der Waals surface area (Å²) >= 11 is 0. The number of para-hydroxylation sites is 1. The van der Waals surface area contributed by atoms with E-state index in [1.165, 1.54) is 0 Å². The highest BCUT2D eigenvalue weighted by Gasteiger charge is 2.28. The molecule has 3 rings (SSSR count). The van der Waals surface area contributed by atoms with E-state index < -0.39 is 6.17 Å². The second kappa shape index (κ2) is 5.27. The van der Waals surface area contributed by atoms with Gasteiger partial charge in [0, 0.05) is 18.4 Å². The molecule has 0 fully saturated rings. The zero-order chi connectivity index (χ0) is 14.8. The molecule has 0 amide bonds. The smallest absolute Gasteiger partial charge is 0.142 e. The van der Waals surface area contributed by atoms with Crippen molar-refractivity contribution in [2.75, 3.05) is 4.90 Å². The summed E-state index contributed by atoms with van der Waals surface area (Å²) in [5.41, 5.74) is 8.61. The predicted molar refractivity (Wildman–Crippen MR) is 83.3 cm³/mol. The summed E-state index contributed by atoms with van der Waals surface area (Å²) in [5.74, 6) is 0.728. The number of rotatable bonds is 3. The second-order valence-electron chi connectivity index (χ2n) is 4.77. The fraction of sp³-hybridized carbons (Fsp3) is 0.125. The molecule has 2 aromatic rings. The maximum atomic E-state index is 9.33. The molecule has 1 atom stereocenters. The van der Waals surface area contributed by atoms with Crippen molar-refractivity contribution in [3.8, 4) is 6.07 Å². The van der Waals surface area contributed by atoms with Gasteiger partial charge in [0.25, 0.3) is 0 Å². The van der Waals surface area contributed by atoms with E-state index in [2.05, 4.69) is 17.6 Å². The van der Waals surface area contributed by atoms with Crippen molar-refractivity contribution in [1.29, 1.82) is 5.26 Å². The van der Waals surface area contributed by atoms with Gasteiger partial charge in [-0.3, -0.25) is 0 Å². The third-order valence-corrected chi connectivity index (χ3v) is 3.49. The van der Waals surface area contributed by atoms with Crippen LogP contribution in [-0.4, -0.2) is 10.9 Å². The molecule has 1 aromatic carbocycles. The number of allylic oxidation sites excluding steroid dienone is 1. The van der Waals surface area contributed by atoms with Crippen LogP contribution in [0.1, 0.15) is 17.3 Å². The van der Waals surface area contributed by atoms with Crippen LogP contribution in [0.25, 0.3) is 0 Å². The van der Waals surface area contributed by atoms with E-state index in [1.807, 2.05) is 39.8 Å². The van der Waals surface area contributed by atoms with E-state index in [0.29, 0.717) is 12.1 Å². The standard InChI is InChI=1S/C16H15N5/c1-2-8-20-10-12(9-17)14-15(18)21(11-19-16(14)20)13-6-4-3-5-7-13/h2-7,10-11,15H,1,8,18H2. The molecule has 5 heteroatoms. The molecule has 0 saturated carbocycles. The number of hydrogen-bond donors (Lipinski definition) is 1. The molecule has 1 unspecified atom stereocenters. The van der Waals surface area contributed by atoms with Gasteiger partial charge in [-0.05, 0) is 12.1 Å². The Morgan fingerprint density at radius 2 is 2.14 bits per heavy atom. The van der Waals surface area contributed by atoms with Crippen LogP contribution in [-0.2, 0) is 6.54 Å². The number of nitriles is 1. The van der Waals surface area contributed by atoms with Crippen molar-refractivity contribution in [2.45, 2.75) is 12.7 Å². The van der Waals surface area contributed by atoms with Gasteiger partial charge in [-0.2, -0.15) is 5.26 Å². The molecule has 2 heterocycles. The van der Waals surface area contributed by atoms with Gasteiger partial charge < -0.3 is 15.2 Å². The molecule has 5 nitrogen and oxygen atoms in total. The predicted octanol–water partition coefficient (Wildman–Crippen LogP) is 2.68. The van der Waals surface area contributed by atoms with Crippen molar-refractivity contribution < 1.29 is 0 Å². The molecular formula is C16H15N5. The number of fused-ring (bicyclic) bond motifs is 1. The van der Waals surface area contributed by atoms with Crippen LogP contribution >= 0.6 is 0 Å². The monoisotopic (exact) mass is 277 g/mol. The van der Waals surface area contributed by atoms with E-state index in [9.17, 15) is 5.26 Å².